The zero-order valence-corrected chi connectivity index (χ0v) is 19.6. The Labute approximate surface area is 202 Å². The molecule has 0 bridgehead atoms. The summed E-state index contributed by atoms with van der Waals surface area (Å²) in [4.78, 5) is 12.5. The highest BCUT2D eigenvalue weighted by atomic mass is 79.9. The van der Waals surface area contributed by atoms with Crippen LogP contribution < -0.4 is 9.47 Å². The molecule has 3 nitrogen and oxygen atoms in total. The number of halogens is 1. The van der Waals surface area contributed by atoms with Gasteiger partial charge in [-0.2, -0.15) is 0 Å². The number of ketones is 1. The van der Waals surface area contributed by atoms with Crippen molar-refractivity contribution in [2.45, 2.75) is 13.2 Å². The molecule has 4 heteroatoms. The number of ether oxygens (including phenoxy) is 2. The van der Waals surface area contributed by atoms with Crippen LogP contribution in [0.25, 0.3) is 6.08 Å². The van der Waals surface area contributed by atoms with E-state index in [1.165, 1.54) is 0 Å². The van der Waals surface area contributed by atoms with Crippen LogP contribution in [0.4, 0.5) is 0 Å². The lowest BCUT2D eigenvalue weighted by Crippen LogP contribution is -2.01. The van der Waals surface area contributed by atoms with Crippen LogP contribution in [0.3, 0.4) is 0 Å². The summed E-state index contributed by atoms with van der Waals surface area (Å²) in [6, 6.07) is 33.0. The molecule has 164 valence electrons. The molecule has 4 rings (SSSR count). The van der Waals surface area contributed by atoms with E-state index in [9.17, 15) is 4.79 Å². The Hall–Kier alpha value is -3.63. The van der Waals surface area contributed by atoms with Crippen LogP contribution in [-0.4, -0.2) is 5.78 Å². The molecular formula is C29H23BrO3. The van der Waals surface area contributed by atoms with Gasteiger partial charge in [-0.25, -0.2) is 0 Å². The highest BCUT2D eigenvalue weighted by Crippen LogP contribution is 2.30. The fourth-order valence-corrected chi connectivity index (χ4v) is 3.48. The van der Waals surface area contributed by atoms with E-state index in [1.807, 2.05) is 91.0 Å². The molecule has 0 spiro atoms. The maximum Gasteiger partial charge on any atom is 0.185 e. The van der Waals surface area contributed by atoms with Gasteiger partial charge in [-0.1, -0.05) is 88.7 Å². The van der Waals surface area contributed by atoms with Gasteiger partial charge in [0.2, 0.25) is 0 Å². The first kappa shape index (κ1) is 22.6. The summed E-state index contributed by atoms with van der Waals surface area (Å²) < 4.78 is 13.1. The molecule has 0 amide bonds. The molecule has 0 aliphatic heterocycles. The van der Waals surface area contributed by atoms with Crippen molar-refractivity contribution in [3.63, 3.8) is 0 Å². The third-order valence-corrected chi connectivity index (χ3v) is 5.53. The number of hydrogen-bond acceptors (Lipinski definition) is 3. The van der Waals surface area contributed by atoms with Gasteiger partial charge in [-0.3, -0.25) is 4.79 Å². The van der Waals surface area contributed by atoms with Crippen LogP contribution >= 0.6 is 15.9 Å². The predicted molar refractivity (Wildman–Crippen MR) is 135 cm³/mol. The summed E-state index contributed by atoms with van der Waals surface area (Å²) in [7, 11) is 0. The van der Waals surface area contributed by atoms with Crippen molar-refractivity contribution >= 4 is 27.8 Å². The van der Waals surface area contributed by atoms with E-state index in [1.54, 1.807) is 24.3 Å². The second-order valence-electron chi connectivity index (χ2n) is 7.46. The minimum absolute atomic E-state index is 0.0568. The maximum absolute atomic E-state index is 12.5. The molecule has 4 aromatic carbocycles. The van der Waals surface area contributed by atoms with Gasteiger partial charge in [0.25, 0.3) is 0 Å². The second-order valence-corrected chi connectivity index (χ2v) is 8.37. The molecule has 0 unspecified atom stereocenters. The molecule has 33 heavy (non-hydrogen) atoms. The molecule has 4 aromatic rings. The van der Waals surface area contributed by atoms with Gasteiger partial charge in [0, 0.05) is 10.0 Å². The summed E-state index contributed by atoms with van der Waals surface area (Å²) >= 11 is 3.39. The van der Waals surface area contributed by atoms with Crippen LogP contribution in [0, 0.1) is 0 Å². The molecule has 0 aromatic heterocycles. The number of hydrogen-bond donors (Lipinski definition) is 0. The molecule has 0 saturated carbocycles. The van der Waals surface area contributed by atoms with E-state index in [2.05, 4.69) is 15.9 Å². The van der Waals surface area contributed by atoms with Gasteiger partial charge in [-0.05, 0) is 59.2 Å². The van der Waals surface area contributed by atoms with Crippen LogP contribution in [-0.2, 0) is 13.2 Å². The summed E-state index contributed by atoms with van der Waals surface area (Å²) in [5.74, 6) is 1.23. The predicted octanol–water partition coefficient (Wildman–Crippen LogP) is 7.50. The quantitative estimate of drug-likeness (QED) is 0.177. The Kier molecular flexibility index (Phi) is 7.72. The minimum Gasteiger partial charge on any atom is -0.485 e. The van der Waals surface area contributed by atoms with Crippen molar-refractivity contribution in [2.75, 3.05) is 0 Å². The Morgan fingerprint density at radius 2 is 1.27 bits per heavy atom. The zero-order chi connectivity index (χ0) is 22.9. The Morgan fingerprint density at radius 1 is 0.697 bits per heavy atom. The van der Waals surface area contributed by atoms with E-state index < -0.39 is 0 Å². The van der Waals surface area contributed by atoms with E-state index in [0.717, 1.165) is 21.2 Å². The average molecular weight is 499 g/mol. The van der Waals surface area contributed by atoms with Gasteiger partial charge in [-0.15, -0.1) is 0 Å². The van der Waals surface area contributed by atoms with Crippen molar-refractivity contribution in [1.82, 2.24) is 0 Å². The van der Waals surface area contributed by atoms with E-state index in [4.69, 9.17) is 9.47 Å². The summed E-state index contributed by atoms with van der Waals surface area (Å²) in [5, 5.41) is 0. The van der Waals surface area contributed by atoms with Gasteiger partial charge < -0.3 is 9.47 Å². The van der Waals surface area contributed by atoms with Gasteiger partial charge in [0.1, 0.15) is 13.2 Å². The van der Waals surface area contributed by atoms with Crippen molar-refractivity contribution < 1.29 is 14.3 Å². The fourth-order valence-electron chi connectivity index (χ4n) is 3.21. The monoisotopic (exact) mass is 498 g/mol. The first-order valence-electron chi connectivity index (χ1n) is 10.6. The van der Waals surface area contributed by atoms with Crippen molar-refractivity contribution in [3.8, 4) is 11.5 Å². The highest BCUT2D eigenvalue weighted by molar-refractivity contribution is 9.10. The summed E-state index contributed by atoms with van der Waals surface area (Å²) in [5.41, 5.74) is 3.64. The van der Waals surface area contributed by atoms with E-state index >= 15 is 0 Å². The normalized spacial score (nSPS) is 10.8. The molecule has 0 radical (unpaired) electrons. The van der Waals surface area contributed by atoms with Gasteiger partial charge in [0.15, 0.2) is 17.3 Å². The fraction of sp³-hybridized carbons (Fsp3) is 0.0690. The van der Waals surface area contributed by atoms with Crippen LogP contribution in [0.5, 0.6) is 11.5 Å². The number of carbonyl (C=O) groups is 1. The second kappa shape index (κ2) is 11.3. The van der Waals surface area contributed by atoms with Crippen molar-refractivity contribution in [2.24, 2.45) is 0 Å². The minimum atomic E-state index is -0.0568. The maximum atomic E-state index is 12.5. The molecule has 0 N–H and O–H groups in total. The molecule has 0 saturated heterocycles. The third-order valence-electron chi connectivity index (χ3n) is 5.00. The first-order valence-corrected chi connectivity index (χ1v) is 11.4. The molecule has 0 fully saturated rings. The number of carbonyl (C=O) groups excluding carboxylic acids is 1. The summed E-state index contributed by atoms with van der Waals surface area (Å²) in [6.07, 6.45) is 3.37. The van der Waals surface area contributed by atoms with Crippen LogP contribution in [0.15, 0.2) is 114 Å². The molecule has 0 atom stereocenters. The lowest BCUT2D eigenvalue weighted by Gasteiger charge is -2.14. The van der Waals surface area contributed by atoms with Crippen LogP contribution in [0.2, 0.25) is 0 Å². The average Bonchev–Trinajstić information content (AvgIpc) is 2.87. The number of benzene rings is 4. The van der Waals surface area contributed by atoms with Crippen LogP contribution in [0.1, 0.15) is 27.0 Å². The summed E-state index contributed by atoms with van der Waals surface area (Å²) in [6.45, 7) is 0.868. The Bertz CT molecular complexity index is 1220. The number of allylic oxidation sites excluding steroid dienone is 1. The third kappa shape index (κ3) is 6.67. The zero-order valence-electron chi connectivity index (χ0n) is 18.0. The first-order chi connectivity index (χ1) is 16.2. The van der Waals surface area contributed by atoms with Crippen molar-refractivity contribution in [3.05, 3.63) is 136 Å². The van der Waals surface area contributed by atoms with Gasteiger partial charge >= 0.3 is 0 Å². The Morgan fingerprint density at radius 3 is 1.88 bits per heavy atom. The smallest absolute Gasteiger partial charge is 0.185 e. The molecule has 0 aliphatic carbocycles. The van der Waals surface area contributed by atoms with E-state index in [-0.39, 0.29) is 5.78 Å². The SMILES string of the molecule is O=C(C=Cc1ccc(OCc2ccccc2)c(OCc2ccccc2)c1)c1ccc(Br)cc1. The standard InChI is InChI=1S/C29H23BrO3/c30-26-15-13-25(14-16-26)27(31)17-11-22-12-18-28(32-20-23-7-3-1-4-8-23)29(19-22)33-21-24-9-5-2-6-10-24/h1-19H,20-21H2. The van der Waals surface area contributed by atoms with Crippen molar-refractivity contribution in [1.29, 1.82) is 0 Å². The number of rotatable bonds is 9. The highest BCUT2D eigenvalue weighted by Gasteiger charge is 2.08. The lowest BCUT2D eigenvalue weighted by molar-refractivity contribution is 0.104. The molecule has 0 aliphatic rings. The topological polar surface area (TPSA) is 35.5 Å². The molecular weight excluding hydrogens is 476 g/mol. The Balaban J connectivity index is 1.52. The largest absolute Gasteiger partial charge is 0.485 e. The molecule has 0 heterocycles. The van der Waals surface area contributed by atoms with Gasteiger partial charge in [0.05, 0.1) is 0 Å². The lowest BCUT2D eigenvalue weighted by atomic mass is 10.1. The van der Waals surface area contributed by atoms with E-state index in [0.29, 0.717) is 30.3 Å².